The largest absolute Gasteiger partial charge is 0.436 e. The molecule has 0 aliphatic rings. The maximum Gasteiger partial charge on any atom is 0.420 e. The minimum Gasteiger partial charge on any atom is -0.436 e. The molecule has 0 fully saturated rings. The summed E-state index contributed by atoms with van der Waals surface area (Å²) in [5.74, 6) is -1.22. The predicted octanol–water partition coefficient (Wildman–Crippen LogP) is 3.91. The number of alkyl halides is 3. The van der Waals surface area contributed by atoms with Gasteiger partial charge in [-0.25, -0.2) is 4.98 Å². The van der Waals surface area contributed by atoms with E-state index in [9.17, 15) is 18.0 Å². The van der Waals surface area contributed by atoms with Crippen LogP contribution in [0.4, 0.5) is 24.5 Å². The monoisotopic (exact) mass is 337 g/mol. The zero-order valence-electron chi connectivity index (χ0n) is 12.6. The number of carbonyl (C=O) groups is 1. The minimum absolute atomic E-state index is 0.0376. The molecule has 5 nitrogen and oxygen atoms in total. The molecule has 0 radical (unpaired) electrons. The second-order valence-corrected chi connectivity index (χ2v) is 4.91. The van der Waals surface area contributed by atoms with E-state index in [-0.39, 0.29) is 17.3 Å². The summed E-state index contributed by atoms with van der Waals surface area (Å²) in [6.07, 6.45) is -2.31. The van der Waals surface area contributed by atoms with Crippen LogP contribution in [-0.2, 0) is 11.0 Å². The fourth-order valence-corrected chi connectivity index (χ4v) is 1.88. The number of hydrogen-bond acceptors (Lipinski definition) is 4. The second-order valence-electron chi connectivity index (χ2n) is 4.91. The first kappa shape index (κ1) is 17.3. The van der Waals surface area contributed by atoms with Crippen LogP contribution in [0.2, 0.25) is 0 Å². The van der Waals surface area contributed by atoms with E-state index in [1.807, 2.05) is 0 Å². The Morgan fingerprint density at radius 3 is 2.67 bits per heavy atom. The number of ether oxygens (including phenoxy) is 1. The van der Waals surface area contributed by atoms with Gasteiger partial charge in [-0.2, -0.15) is 13.2 Å². The van der Waals surface area contributed by atoms with Gasteiger partial charge in [-0.05, 0) is 42.8 Å². The van der Waals surface area contributed by atoms with Crippen molar-refractivity contribution >= 4 is 17.3 Å². The Hall–Kier alpha value is -3.03. The van der Waals surface area contributed by atoms with Crippen LogP contribution < -0.4 is 15.8 Å². The Bertz CT molecular complexity index is 789. The molecule has 0 atom stereocenters. The number of nitrogens with zero attached hydrogens (tertiary/aromatic N) is 1. The number of pyridine rings is 1. The van der Waals surface area contributed by atoms with Gasteiger partial charge in [0.25, 0.3) is 0 Å². The molecule has 1 heterocycles. The second kappa shape index (κ2) is 6.61. The van der Waals surface area contributed by atoms with Gasteiger partial charge in [0.05, 0.1) is 5.69 Å². The molecule has 1 aromatic carbocycles. The van der Waals surface area contributed by atoms with Crippen molar-refractivity contribution in [2.24, 2.45) is 0 Å². The van der Waals surface area contributed by atoms with Crippen LogP contribution in [0.1, 0.15) is 11.1 Å². The zero-order valence-corrected chi connectivity index (χ0v) is 12.6. The van der Waals surface area contributed by atoms with Gasteiger partial charge in [0.15, 0.2) is 0 Å². The van der Waals surface area contributed by atoms with Gasteiger partial charge in [-0.15, -0.1) is 0 Å². The number of rotatable bonds is 4. The molecule has 3 N–H and O–H groups in total. The SMILES string of the molecule is C=CC(=O)Nc1ccc(Oc2ncc(C)cc2N)c(C(F)(F)F)c1. The van der Waals surface area contributed by atoms with Gasteiger partial charge < -0.3 is 15.8 Å². The average molecular weight is 337 g/mol. The molecule has 0 aliphatic carbocycles. The summed E-state index contributed by atoms with van der Waals surface area (Å²) in [5.41, 5.74) is 5.47. The van der Waals surface area contributed by atoms with E-state index in [1.54, 1.807) is 6.92 Å². The average Bonchev–Trinajstić information content (AvgIpc) is 2.50. The quantitative estimate of drug-likeness (QED) is 0.829. The number of halogens is 3. The van der Waals surface area contributed by atoms with Gasteiger partial charge >= 0.3 is 6.18 Å². The number of nitrogens with one attached hydrogen (secondary N) is 1. The van der Waals surface area contributed by atoms with Crippen LogP contribution in [0.5, 0.6) is 11.6 Å². The molecule has 8 heteroatoms. The molecule has 0 unspecified atom stereocenters. The molecule has 24 heavy (non-hydrogen) atoms. The molecule has 1 aromatic heterocycles. The molecule has 0 saturated heterocycles. The number of carbonyl (C=O) groups excluding carboxylic acids is 1. The lowest BCUT2D eigenvalue weighted by molar-refractivity contribution is -0.138. The fourth-order valence-electron chi connectivity index (χ4n) is 1.88. The van der Waals surface area contributed by atoms with Crippen LogP contribution >= 0.6 is 0 Å². The highest BCUT2D eigenvalue weighted by molar-refractivity contribution is 5.99. The molecular weight excluding hydrogens is 323 g/mol. The van der Waals surface area contributed by atoms with Gasteiger partial charge in [0.1, 0.15) is 11.3 Å². The minimum atomic E-state index is -4.69. The third kappa shape index (κ3) is 4.03. The third-order valence-electron chi connectivity index (χ3n) is 2.96. The van der Waals surface area contributed by atoms with Crippen LogP contribution in [0.25, 0.3) is 0 Å². The Kier molecular flexibility index (Phi) is 4.77. The number of hydrogen-bond donors (Lipinski definition) is 2. The lowest BCUT2D eigenvalue weighted by Crippen LogP contribution is -2.11. The maximum atomic E-state index is 13.3. The topological polar surface area (TPSA) is 77.2 Å². The number of nitrogens with two attached hydrogens (primary N) is 1. The summed E-state index contributed by atoms with van der Waals surface area (Å²) >= 11 is 0. The summed E-state index contributed by atoms with van der Waals surface area (Å²) in [4.78, 5) is 15.1. The number of aryl methyl sites for hydroxylation is 1. The van der Waals surface area contributed by atoms with Crippen LogP contribution in [0, 0.1) is 6.92 Å². The van der Waals surface area contributed by atoms with E-state index >= 15 is 0 Å². The molecular formula is C16H14F3N3O2. The summed E-state index contributed by atoms with van der Waals surface area (Å²) in [6, 6.07) is 4.66. The summed E-state index contributed by atoms with van der Waals surface area (Å²) in [7, 11) is 0. The standard InChI is InChI=1S/C16H14F3N3O2/c1-3-14(23)22-10-4-5-13(11(7-10)16(17,18)19)24-15-12(20)6-9(2)8-21-15/h3-8H,1,20H2,2H3,(H,22,23). The Morgan fingerprint density at radius 1 is 1.38 bits per heavy atom. The van der Waals surface area contributed by atoms with Crippen molar-refractivity contribution in [3.8, 4) is 11.6 Å². The highest BCUT2D eigenvalue weighted by Gasteiger charge is 2.35. The van der Waals surface area contributed by atoms with Crippen molar-refractivity contribution in [3.05, 3.63) is 54.2 Å². The number of nitrogen functional groups attached to an aromatic ring is 1. The molecule has 0 aliphatic heterocycles. The van der Waals surface area contributed by atoms with Gasteiger partial charge in [-0.1, -0.05) is 6.58 Å². The van der Waals surface area contributed by atoms with Crippen LogP contribution in [0.15, 0.2) is 43.1 Å². The van der Waals surface area contributed by atoms with Gasteiger partial charge in [0, 0.05) is 11.9 Å². The van der Waals surface area contributed by atoms with E-state index in [4.69, 9.17) is 10.5 Å². The summed E-state index contributed by atoms with van der Waals surface area (Å²) < 4.78 is 45.0. The van der Waals surface area contributed by atoms with Crippen molar-refractivity contribution in [2.45, 2.75) is 13.1 Å². The molecule has 126 valence electrons. The predicted molar refractivity (Wildman–Crippen MR) is 83.7 cm³/mol. The Balaban J connectivity index is 2.41. The first-order valence-electron chi connectivity index (χ1n) is 6.75. The Morgan fingerprint density at radius 2 is 2.08 bits per heavy atom. The molecule has 2 rings (SSSR count). The molecule has 0 saturated carbocycles. The van der Waals surface area contributed by atoms with E-state index < -0.39 is 23.4 Å². The lowest BCUT2D eigenvalue weighted by Gasteiger charge is -2.15. The normalized spacial score (nSPS) is 11.0. The number of benzene rings is 1. The van der Waals surface area contributed by atoms with Crippen molar-refractivity contribution < 1.29 is 22.7 Å². The number of amides is 1. The highest BCUT2D eigenvalue weighted by Crippen LogP contribution is 2.40. The van der Waals surface area contributed by atoms with E-state index in [0.29, 0.717) is 0 Å². The lowest BCUT2D eigenvalue weighted by atomic mass is 10.1. The van der Waals surface area contributed by atoms with Gasteiger partial charge in [0.2, 0.25) is 11.8 Å². The Labute approximate surface area is 136 Å². The number of anilines is 2. The first-order chi connectivity index (χ1) is 11.2. The highest BCUT2D eigenvalue weighted by atomic mass is 19.4. The molecule has 1 amide bonds. The fraction of sp³-hybridized carbons (Fsp3) is 0.125. The third-order valence-corrected chi connectivity index (χ3v) is 2.96. The van der Waals surface area contributed by atoms with Crippen molar-refractivity contribution in [2.75, 3.05) is 11.1 Å². The molecule has 2 aromatic rings. The van der Waals surface area contributed by atoms with E-state index in [2.05, 4.69) is 16.9 Å². The first-order valence-corrected chi connectivity index (χ1v) is 6.75. The van der Waals surface area contributed by atoms with Crippen molar-refractivity contribution in [1.29, 1.82) is 0 Å². The maximum absolute atomic E-state index is 13.3. The zero-order chi connectivity index (χ0) is 17.9. The number of aromatic nitrogens is 1. The molecule has 0 bridgehead atoms. The van der Waals surface area contributed by atoms with Crippen LogP contribution in [0.3, 0.4) is 0 Å². The summed E-state index contributed by atoms with van der Waals surface area (Å²) in [5, 5.41) is 2.26. The smallest absolute Gasteiger partial charge is 0.420 e. The van der Waals surface area contributed by atoms with Crippen molar-refractivity contribution in [3.63, 3.8) is 0 Å². The summed E-state index contributed by atoms with van der Waals surface area (Å²) in [6.45, 7) is 4.98. The van der Waals surface area contributed by atoms with Gasteiger partial charge in [-0.3, -0.25) is 4.79 Å². The van der Waals surface area contributed by atoms with E-state index in [0.717, 1.165) is 23.8 Å². The molecule has 0 spiro atoms. The van der Waals surface area contributed by atoms with E-state index in [1.165, 1.54) is 18.3 Å². The van der Waals surface area contributed by atoms with Crippen molar-refractivity contribution in [1.82, 2.24) is 4.98 Å². The van der Waals surface area contributed by atoms with Crippen LogP contribution in [-0.4, -0.2) is 10.9 Å².